The van der Waals surface area contributed by atoms with Crippen molar-refractivity contribution in [1.29, 1.82) is 0 Å². The van der Waals surface area contributed by atoms with Gasteiger partial charge in [0.05, 0.1) is 6.54 Å². The molecule has 33 valence electrons. The Balaban J connectivity index is 2.26. The van der Waals surface area contributed by atoms with Gasteiger partial charge in [-0.25, -0.2) is 0 Å². The zero-order chi connectivity index (χ0) is 4.24. The van der Waals surface area contributed by atoms with E-state index >= 15 is 0 Å². The molecule has 0 spiro atoms. The van der Waals surface area contributed by atoms with Gasteiger partial charge in [-0.05, 0) is 6.42 Å². The molecule has 3 nitrogen and oxygen atoms in total. The monoisotopic (exact) mass is 84.1 g/mol. The van der Waals surface area contributed by atoms with Gasteiger partial charge >= 0.3 is 0 Å². The third-order valence-electron chi connectivity index (χ3n) is 0.595. The van der Waals surface area contributed by atoms with Crippen LogP contribution in [0.3, 0.4) is 0 Å². The molecule has 3 heteroatoms. The predicted octanol–water partition coefficient (Wildman–Crippen LogP) is 0.509. The molecular weight excluding hydrogens is 78.1 g/mol. The van der Waals surface area contributed by atoms with E-state index in [9.17, 15) is 0 Å². The zero-order valence-corrected chi connectivity index (χ0v) is 3.39. The van der Waals surface area contributed by atoms with Crippen LogP contribution in [0.25, 0.3) is 0 Å². The summed E-state index contributed by atoms with van der Waals surface area (Å²) in [6, 6.07) is 0. The highest BCUT2D eigenvalue weighted by Gasteiger charge is 1.87. The second kappa shape index (κ2) is 1.74. The molecule has 0 aromatic rings. The standard InChI is InChI=1S/C3H6N3/c1-2-4-6-5-3-1/h2H,1,3H2,(H,4,5). The highest BCUT2D eigenvalue weighted by molar-refractivity contribution is 4.61. The first kappa shape index (κ1) is 3.59. The lowest BCUT2D eigenvalue weighted by Crippen LogP contribution is -2.09. The summed E-state index contributed by atoms with van der Waals surface area (Å²) in [5.74, 6) is 0. The van der Waals surface area contributed by atoms with E-state index in [4.69, 9.17) is 0 Å². The fraction of sp³-hybridized carbons (Fsp3) is 0.667. The zero-order valence-electron chi connectivity index (χ0n) is 3.39. The summed E-state index contributed by atoms with van der Waals surface area (Å²) < 4.78 is 0. The Bertz CT molecular complexity index is 51.1. The predicted molar refractivity (Wildman–Crippen MR) is 21.8 cm³/mol. The van der Waals surface area contributed by atoms with Gasteiger partial charge in [-0.1, -0.05) is 5.22 Å². The molecule has 1 N–H and O–H groups in total. The molecule has 0 aromatic heterocycles. The number of hydrogen-bond acceptors (Lipinski definition) is 3. The van der Waals surface area contributed by atoms with Crippen molar-refractivity contribution in [2.24, 2.45) is 10.3 Å². The van der Waals surface area contributed by atoms with Crippen molar-refractivity contribution < 1.29 is 0 Å². The maximum atomic E-state index is 3.57. The molecule has 0 bridgehead atoms. The maximum Gasteiger partial charge on any atom is 0.0989 e. The third kappa shape index (κ3) is 0.672. The summed E-state index contributed by atoms with van der Waals surface area (Å²) in [4.78, 5) is 0. The van der Waals surface area contributed by atoms with E-state index in [1.807, 2.05) is 0 Å². The van der Waals surface area contributed by atoms with Crippen LogP contribution in [-0.4, -0.2) is 6.54 Å². The Labute approximate surface area is 36.4 Å². The Kier molecular flexibility index (Phi) is 1.04. The molecule has 6 heavy (non-hydrogen) atoms. The molecule has 0 aliphatic carbocycles. The van der Waals surface area contributed by atoms with Gasteiger partial charge in [-0.15, -0.1) is 0 Å². The molecular formula is C3H6N3. The summed E-state index contributed by atoms with van der Waals surface area (Å²) >= 11 is 0. The van der Waals surface area contributed by atoms with Crippen LogP contribution in [-0.2, 0) is 0 Å². The minimum atomic E-state index is 0.934. The second-order valence-electron chi connectivity index (χ2n) is 1.09. The quantitative estimate of drug-likeness (QED) is 0.456. The van der Waals surface area contributed by atoms with Crippen molar-refractivity contribution in [2.75, 3.05) is 6.54 Å². The van der Waals surface area contributed by atoms with Crippen molar-refractivity contribution in [3.63, 3.8) is 0 Å². The van der Waals surface area contributed by atoms with E-state index in [1.165, 1.54) is 0 Å². The summed E-state index contributed by atoms with van der Waals surface area (Å²) in [6.45, 7) is 2.72. The van der Waals surface area contributed by atoms with Crippen LogP contribution in [0.4, 0.5) is 0 Å². The lowest BCUT2D eigenvalue weighted by Gasteiger charge is -1.99. The summed E-state index contributed by atoms with van der Waals surface area (Å²) in [5, 5.41) is 7.06. The minimum absolute atomic E-state index is 0.934. The first-order valence-electron chi connectivity index (χ1n) is 1.94. The largest absolute Gasteiger partial charge is 0.292 e. The van der Waals surface area contributed by atoms with E-state index in [0.29, 0.717) is 0 Å². The fourth-order valence-corrected chi connectivity index (χ4v) is 0.318. The summed E-state index contributed by atoms with van der Waals surface area (Å²) in [6.07, 6.45) is 1.00. The number of nitrogens with zero attached hydrogens (tertiary/aromatic N) is 2. The van der Waals surface area contributed by atoms with Gasteiger partial charge in [-0.2, -0.15) is 5.11 Å². The SMILES string of the molecule is [CH]1CCNN=N1. The van der Waals surface area contributed by atoms with Gasteiger partial charge in [-0.3, -0.25) is 5.43 Å². The van der Waals surface area contributed by atoms with Crippen LogP contribution in [0.15, 0.2) is 10.3 Å². The summed E-state index contributed by atoms with van der Waals surface area (Å²) in [5.41, 5.74) is 2.71. The lowest BCUT2D eigenvalue weighted by atomic mass is 10.4. The smallest absolute Gasteiger partial charge is 0.0989 e. The van der Waals surface area contributed by atoms with Gasteiger partial charge in [0.1, 0.15) is 0 Å². The first-order chi connectivity index (χ1) is 3.00. The highest BCUT2D eigenvalue weighted by Crippen LogP contribution is 1.91. The molecule has 0 aromatic carbocycles. The van der Waals surface area contributed by atoms with Crippen molar-refractivity contribution in [1.82, 2.24) is 5.43 Å². The highest BCUT2D eigenvalue weighted by atomic mass is 15.4. The van der Waals surface area contributed by atoms with Crippen molar-refractivity contribution in [3.05, 3.63) is 6.54 Å². The average molecular weight is 84.1 g/mol. The van der Waals surface area contributed by atoms with Gasteiger partial charge in [0, 0.05) is 6.54 Å². The van der Waals surface area contributed by atoms with Crippen molar-refractivity contribution in [3.8, 4) is 0 Å². The number of nitrogens with one attached hydrogen (secondary N) is 1. The second-order valence-corrected chi connectivity index (χ2v) is 1.09. The Hall–Kier alpha value is -0.600. The molecule has 0 amide bonds. The molecule has 0 unspecified atom stereocenters. The number of hydrogen-bond donors (Lipinski definition) is 1. The van der Waals surface area contributed by atoms with E-state index in [1.54, 1.807) is 6.54 Å². The van der Waals surface area contributed by atoms with Crippen LogP contribution < -0.4 is 5.43 Å². The summed E-state index contributed by atoms with van der Waals surface area (Å²) in [7, 11) is 0. The number of rotatable bonds is 0. The van der Waals surface area contributed by atoms with Gasteiger partial charge in [0.2, 0.25) is 0 Å². The Morgan fingerprint density at radius 3 is 2.83 bits per heavy atom. The van der Waals surface area contributed by atoms with Crippen LogP contribution in [0.5, 0.6) is 0 Å². The Morgan fingerprint density at radius 2 is 2.67 bits per heavy atom. The normalized spacial score (nSPS) is 20.0. The molecule has 0 fully saturated rings. The van der Waals surface area contributed by atoms with E-state index in [2.05, 4.69) is 15.8 Å². The van der Waals surface area contributed by atoms with E-state index in [0.717, 1.165) is 13.0 Å². The van der Waals surface area contributed by atoms with Gasteiger partial charge in [0.15, 0.2) is 0 Å². The van der Waals surface area contributed by atoms with E-state index < -0.39 is 0 Å². The van der Waals surface area contributed by atoms with Crippen LogP contribution >= 0.6 is 0 Å². The fourth-order valence-electron chi connectivity index (χ4n) is 0.318. The minimum Gasteiger partial charge on any atom is -0.292 e. The van der Waals surface area contributed by atoms with Gasteiger partial charge in [0.25, 0.3) is 0 Å². The molecule has 0 atom stereocenters. The molecule has 1 aliphatic rings. The third-order valence-corrected chi connectivity index (χ3v) is 0.595. The maximum absolute atomic E-state index is 3.57. The average Bonchev–Trinajstić information content (AvgIpc) is 1.72. The molecule has 1 rings (SSSR count). The van der Waals surface area contributed by atoms with Crippen molar-refractivity contribution >= 4 is 0 Å². The first-order valence-corrected chi connectivity index (χ1v) is 1.94. The van der Waals surface area contributed by atoms with Crippen LogP contribution in [0.1, 0.15) is 6.42 Å². The van der Waals surface area contributed by atoms with E-state index in [-0.39, 0.29) is 0 Å². The van der Waals surface area contributed by atoms with Gasteiger partial charge < -0.3 is 0 Å². The molecule has 1 radical (unpaired) electrons. The van der Waals surface area contributed by atoms with Crippen molar-refractivity contribution in [2.45, 2.75) is 6.42 Å². The lowest BCUT2D eigenvalue weighted by molar-refractivity contribution is 0.622. The van der Waals surface area contributed by atoms with Crippen LogP contribution in [0.2, 0.25) is 0 Å². The topological polar surface area (TPSA) is 36.8 Å². The van der Waals surface area contributed by atoms with Crippen LogP contribution in [0, 0.1) is 6.54 Å². The molecule has 0 saturated heterocycles. The molecule has 1 aliphatic heterocycles. The molecule has 1 heterocycles. The Morgan fingerprint density at radius 1 is 1.67 bits per heavy atom. The molecule has 0 saturated carbocycles.